The number of rotatable bonds is 4. The fourth-order valence-electron chi connectivity index (χ4n) is 14.0. The molecular weight excluding hydrogens is 998 g/mol. The lowest BCUT2D eigenvalue weighted by atomic mass is 9.33. The van der Waals surface area contributed by atoms with Gasteiger partial charge in [-0.2, -0.15) is 0 Å². The Morgan fingerprint density at radius 3 is 1.63 bits per heavy atom. The Morgan fingerprint density at radius 2 is 1.00 bits per heavy atom. The lowest BCUT2D eigenvalue weighted by molar-refractivity contribution is 0.590. The van der Waals surface area contributed by atoms with Gasteiger partial charge >= 0.3 is 0 Å². The number of anilines is 3. The molecule has 0 unspecified atom stereocenters. The quantitative estimate of drug-likeness (QED) is 0.100. The number of aromatic nitrogens is 2. The lowest BCUT2D eigenvalue weighted by Gasteiger charge is -2.42. The van der Waals surface area contributed by atoms with Crippen LogP contribution >= 0.6 is 0 Å². The molecule has 5 nitrogen and oxygen atoms in total. The van der Waals surface area contributed by atoms with Crippen molar-refractivity contribution in [2.45, 2.75) is 132 Å². The molecule has 0 saturated heterocycles. The van der Waals surface area contributed by atoms with Gasteiger partial charge in [0.05, 0.1) is 33.0 Å². The summed E-state index contributed by atoms with van der Waals surface area (Å²) >= 11 is 0. The summed E-state index contributed by atoms with van der Waals surface area (Å²) in [5, 5.41) is 4.93. The van der Waals surface area contributed by atoms with E-state index in [-0.39, 0.29) is 33.8 Å². The monoisotopic (exact) mass is 1070 g/mol. The van der Waals surface area contributed by atoms with Gasteiger partial charge in [-0.15, -0.1) is 0 Å². The summed E-state index contributed by atoms with van der Waals surface area (Å²) in [5.74, 6) is 0. The van der Waals surface area contributed by atoms with Crippen LogP contribution in [0.4, 0.5) is 17.1 Å². The van der Waals surface area contributed by atoms with Gasteiger partial charge < -0.3 is 13.9 Å². The Morgan fingerprint density at radius 1 is 0.415 bits per heavy atom. The van der Waals surface area contributed by atoms with Crippen LogP contribution in [0, 0.1) is 13.8 Å². The molecule has 5 heterocycles. The Balaban J connectivity index is 0.00000312. The van der Waals surface area contributed by atoms with E-state index in [1.165, 1.54) is 27.6 Å². The maximum atomic E-state index is 16.5. The van der Waals surface area contributed by atoms with E-state index in [4.69, 9.17) is 0 Å². The highest BCUT2D eigenvalue weighted by atomic mass is 16.1. The third-order valence-corrected chi connectivity index (χ3v) is 18.1. The van der Waals surface area contributed by atoms with Gasteiger partial charge in [-0.3, -0.25) is 9.59 Å². The average molecular weight is 1070 g/mol. The molecule has 0 aliphatic carbocycles. The molecule has 2 aliphatic rings. The summed E-state index contributed by atoms with van der Waals surface area (Å²) in [6.07, 6.45) is 0. The van der Waals surface area contributed by atoms with Crippen LogP contribution in [0.2, 0.25) is 0 Å². The molecule has 2 aliphatic heterocycles. The van der Waals surface area contributed by atoms with Gasteiger partial charge in [-0.05, 0) is 168 Å². The van der Waals surface area contributed by atoms with Crippen molar-refractivity contribution in [3.8, 4) is 27.9 Å². The first-order valence-electron chi connectivity index (χ1n) is 29.6. The molecule has 82 heavy (non-hydrogen) atoms. The normalized spacial score (nSPS) is 13.4. The van der Waals surface area contributed by atoms with Crippen molar-refractivity contribution < 1.29 is 0 Å². The number of benzene rings is 9. The van der Waals surface area contributed by atoms with Gasteiger partial charge in [-0.1, -0.05) is 194 Å². The van der Waals surface area contributed by atoms with E-state index in [2.05, 4.69) is 269 Å². The first-order valence-corrected chi connectivity index (χ1v) is 29.6. The largest absolute Gasteiger partial charge is 0.311 e. The topological polar surface area (TPSA) is 46.7 Å². The van der Waals surface area contributed by atoms with Crippen molar-refractivity contribution in [1.82, 2.24) is 8.97 Å². The van der Waals surface area contributed by atoms with E-state index in [1.54, 1.807) is 0 Å². The molecule has 0 N–H and O–H groups in total. The van der Waals surface area contributed by atoms with E-state index in [9.17, 15) is 0 Å². The van der Waals surface area contributed by atoms with E-state index in [0.29, 0.717) is 16.3 Å². The van der Waals surface area contributed by atoms with Crippen LogP contribution in [0.25, 0.3) is 87.8 Å². The lowest BCUT2D eigenvalue weighted by Crippen LogP contribution is -2.60. The van der Waals surface area contributed by atoms with Crippen LogP contribution in [0.15, 0.2) is 167 Å². The van der Waals surface area contributed by atoms with Crippen molar-refractivity contribution in [3.63, 3.8) is 0 Å². The molecule has 0 atom stereocenters. The summed E-state index contributed by atoms with van der Waals surface area (Å²) in [7, 11) is 0. The Kier molecular flexibility index (Phi) is 11.8. The van der Waals surface area contributed by atoms with Crippen LogP contribution in [0.1, 0.15) is 130 Å². The van der Waals surface area contributed by atoms with Crippen molar-refractivity contribution in [3.05, 3.63) is 212 Å². The van der Waals surface area contributed by atoms with Gasteiger partial charge in [0.2, 0.25) is 0 Å². The minimum atomic E-state index is -0.471. The zero-order valence-corrected chi connectivity index (χ0v) is 50.7. The number of aryl methyl sites for hydroxylation is 1. The molecule has 3 aromatic heterocycles. The van der Waals surface area contributed by atoms with E-state index in [1.807, 2.05) is 13.8 Å². The predicted octanol–water partition coefficient (Wildman–Crippen LogP) is 17.4. The second-order valence-corrected chi connectivity index (χ2v) is 27.4. The number of nitrogens with zero attached hydrogens (tertiary/aromatic N) is 3. The highest BCUT2D eigenvalue weighted by molar-refractivity contribution is 7.01. The van der Waals surface area contributed by atoms with Crippen LogP contribution < -0.4 is 32.1 Å². The highest BCUT2D eigenvalue weighted by Gasteiger charge is 2.45. The molecule has 0 spiro atoms. The zero-order valence-electron chi connectivity index (χ0n) is 50.7. The third kappa shape index (κ3) is 7.65. The van der Waals surface area contributed by atoms with Crippen LogP contribution in [0.5, 0.6) is 0 Å². The number of pyridine rings is 2. The first-order chi connectivity index (χ1) is 38.9. The van der Waals surface area contributed by atoms with E-state index < -0.39 is 5.41 Å². The van der Waals surface area contributed by atoms with Crippen LogP contribution in [0.3, 0.4) is 0 Å². The number of hydrogen-bond donors (Lipinski definition) is 0. The molecule has 0 fully saturated rings. The molecule has 0 saturated carbocycles. The van der Waals surface area contributed by atoms with Crippen molar-refractivity contribution in [1.29, 1.82) is 0 Å². The summed E-state index contributed by atoms with van der Waals surface area (Å²) < 4.78 is 4.84. The second-order valence-electron chi connectivity index (χ2n) is 27.4. The molecule has 0 bridgehead atoms. The molecule has 408 valence electrons. The molecule has 12 aromatic rings. The van der Waals surface area contributed by atoms with Gasteiger partial charge in [0.25, 0.3) is 6.71 Å². The summed E-state index contributed by atoms with van der Waals surface area (Å²) in [4.78, 5) is 35.3. The highest BCUT2D eigenvalue weighted by Crippen LogP contribution is 2.48. The second kappa shape index (κ2) is 18.1. The van der Waals surface area contributed by atoms with Crippen molar-refractivity contribution >= 4 is 100 Å². The minimum Gasteiger partial charge on any atom is -0.311 e. The predicted molar refractivity (Wildman–Crippen MR) is 354 cm³/mol. The maximum Gasteiger partial charge on any atom is 0.252 e. The average Bonchev–Trinajstić information content (AvgIpc) is 3.01. The van der Waals surface area contributed by atoms with Crippen molar-refractivity contribution in [2.24, 2.45) is 0 Å². The molecule has 14 rings (SSSR count). The molecule has 6 heteroatoms. The van der Waals surface area contributed by atoms with Gasteiger partial charge in [-0.25, -0.2) is 0 Å². The Labute approximate surface area is 483 Å². The maximum absolute atomic E-state index is 16.5. The van der Waals surface area contributed by atoms with Crippen LogP contribution in [-0.2, 0) is 21.7 Å². The van der Waals surface area contributed by atoms with Gasteiger partial charge in [0.1, 0.15) is 0 Å². The fraction of sp³-hybridized carbons (Fsp3) is 0.263. The van der Waals surface area contributed by atoms with Crippen LogP contribution in [-0.4, -0.2) is 15.7 Å². The standard InChI is InChI=1S/C74H68BN3O2.C2H6/c1-41-21-18-19-24-48(41)50-26-20-25-49(42(50)2)43-35-53-66-54(36-43)70(80)64-56(74(12,13)14)39-62-65-68(64)78(66)67-57(33-32-55(73(9,10)11)63(67)69(53)79)75(65)58-38-52-51-37-45(72(6,7)8)29-34-59(51)76(46-22-16-15-17-23-46)60(52)40-61(58)77(62)47-30-27-44(28-31-47)71(3,4)5;1-2/h15-40H,1-14H3;1-2H3. The third-order valence-electron chi connectivity index (χ3n) is 18.1. The summed E-state index contributed by atoms with van der Waals surface area (Å²) in [6, 6.07) is 57.9. The molecule has 0 amide bonds. The Hall–Kier alpha value is -8.22. The summed E-state index contributed by atoms with van der Waals surface area (Å²) in [5.41, 5.74) is 22.3. The number of para-hydroxylation sites is 1. The number of fused-ring (bicyclic) bond motifs is 6. The summed E-state index contributed by atoms with van der Waals surface area (Å²) in [6.45, 7) is 35.1. The smallest absolute Gasteiger partial charge is 0.252 e. The molecule has 0 radical (unpaired) electrons. The van der Waals surface area contributed by atoms with Crippen molar-refractivity contribution in [2.75, 3.05) is 4.90 Å². The zero-order chi connectivity index (χ0) is 58.0. The SMILES string of the molecule is CC.Cc1ccccc1-c1cccc(-c2cc3c(=O)c4c(C(C)(C)C)ccc5c4n4c6c7c(cc(C(C)(C)C)c6c(=O)c(c2)c34)N(c2ccc(C(C)(C)C)cc2)c2cc3c(cc2B57)c2cc(C(C)(C)C)ccc2n3-c2ccccc2)c1C. The van der Waals surface area contributed by atoms with E-state index in [0.717, 1.165) is 111 Å². The fourth-order valence-corrected chi connectivity index (χ4v) is 14.0. The van der Waals surface area contributed by atoms with E-state index >= 15 is 9.59 Å². The van der Waals surface area contributed by atoms with Gasteiger partial charge in [0, 0.05) is 49.7 Å². The number of hydrogen-bond acceptors (Lipinski definition) is 3. The first kappa shape index (κ1) is 53.1. The van der Waals surface area contributed by atoms with Gasteiger partial charge in [0.15, 0.2) is 10.9 Å². The molecule has 9 aromatic carbocycles. The molecular formula is C76H74BN3O2. The Bertz CT molecular complexity index is 4780. The minimum absolute atomic E-state index is 0.0339.